The molecule has 0 amide bonds. The Morgan fingerprint density at radius 2 is 1.93 bits per heavy atom. The molecule has 1 N–H and O–H groups in total. The number of piperazine rings is 1. The monoisotopic (exact) mass is 443 g/mol. The van der Waals surface area contributed by atoms with Crippen LogP contribution in [-0.2, 0) is 6.54 Å². The van der Waals surface area contributed by atoms with Gasteiger partial charge in [-0.05, 0) is 49.0 Å². The van der Waals surface area contributed by atoms with E-state index in [9.17, 15) is 13.2 Å². The zero-order valence-corrected chi connectivity index (χ0v) is 17.4. The van der Waals surface area contributed by atoms with Crippen LogP contribution in [0.3, 0.4) is 0 Å². The molecule has 1 heterocycles. The minimum Gasteiger partial charge on any atom is -0.433 e. The Balaban J connectivity index is 1.59. The van der Waals surface area contributed by atoms with Crippen molar-refractivity contribution < 1.29 is 17.9 Å². The molecular formula is C20H21ClF3N3OS. The van der Waals surface area contributed by atoms with Gasteiger partial charge in [-0.25, -0.2) is 4.39 Å². The summed E-state index contributed by atoms with van der Waals surface area (Å²) in [4.78, 5) is 4.05. The van der Waals surface area contributed by atoms with Crippen molar-refractivity contribution >= 4 is 34.6 Å². The Morgan fingerprint density at radius 1 is 1.21 bits per heavy atom. The first kappa shape index (κ1) is 21.7. The van der Waals surface area contributed by atoms with E-state index >= 15 is 0 Å². The van der Waals surface area contributed by atoms with E-state index in [1.165, 1.54) is 12.1 Å². The van der Waals surface area contributed by atoms with Crippen LogP contribution in [0, 0.1) is 12.7 Å². The lowest BCUT2D eigenvalue weighted by atomic mass is 10.2. The lowest BCUT2D eigenvalue weighted by molar-refractivity contribution is -0.0493. The van der Waals surface area contributed by atoms with Crippen LogP contribution >= 0.6 is 23.8 Å². The molecule has 1 fully saturated rings. The average Bonchev–Trinajstić information content (AvgIpc) is 2.67. The number of thiocarbonyl (C=S) groups is 1. The number of hydrogen-bond acceptors (Lipinski definition) is 3. The van der Waals surface area contributed by atoms with Crippen LogP contribution in [0.25, 0.3) is 0 Å². The van der Waals surface area contributed by atoms with Crippen LogP contribution in [0.1, 0.15) is 11.1 Å². The number of hydrogen-bond donors (Lipinski definition) is 1. The molecule has 0 unspecified atom stereocenters. The van der Waals surface area contributed by atoms with Gasteiger partial charge in [-0.3, -0.25) is 4.90 Å². The molecule has 0 spiro atoms. The van der Waals surface area contributed by atoms with Crippen LogP contribution in [0.2, 0.25) is 5.02 Å². The molecule has 4 nitrogen and oxygen atoms in total. The molecular weight excluding hydrogens is 423 g/mol. The van der Waals surface area contributed by atoms with Crippen LogP contribution in [-0.4, -0.2) is 47.7 Å². The second-order valence-corrected chi connectivity index (χ2v) is 7.57. The van der Waals surface area contributed by atoms with Gasteiger partial charge in [0, 0.05) is 43.3 Å². The van der Waals surface area contributed by atoms with Gasteiger partial charge in [0.05, 0.1) is 5.69 Å². The number of nitrogens with one attached hydrogen (secondary N) is 1. The number of aryl methyl sites for hydroxylation is 1. The van der Waals surface area contributed by atoms with Crippen molar-refractivity contribution in [1.29, 1.82) is 0 Å². The van der Waals surface area contributed by atoms with Gasteiger partial charge in [0.1, 0.15) is 11.6 Å². The second kappa shape index (κ2) is 9.65. The van der Waals surface area contributed by atoms with Crippen molar-refractivity contribution in [3.8, 4) is 5.75 Å². The number of alkyl halides is 2. The summed E-state index contributed by atoms with van der Waals surface area (Å²) in [6, 6.07) is 9.55. The quantitative estimate of drug-likeness (QED) is 0.663. The number of benzene rings is 2. The number of halogens is 4. The minimum atomic E-state index is -2.92. The molecule has 0 saturated carbocycles. The first-order chi connectivity index (χ1) is 13.8. The second-order valence-electron chi connectivity index (χ2n) is 6.77. The highest BCUT2D eigenvalue weighted by atomic mass is 35.5. The van der Waals surface area contributed by atoms with Gasteiger partial charge in [-0.2, -0.15) is 8.78 Å². The number of rotatable bonds is 5. The van der Waals surface area contributed by atoms with Crippen LogP contribution in [0.5, 0.6) is 5.75 Å². The van der Waals surface area contributed by atoms with Gasteiger partial charge in [0.25, 0.3) is 0 Å². The molecule has 156 valence electrons. The highest BCUT2D eigenvalue weighted by molar-refractivity contribution is 7.80. The Morgan fingerprint density at radius 3 is 2.59 bits per heavy atom. The molecule has 9 heteroatoms. The molecule has 29 heavy (non-hydrogen) atoms. The maximum Gasteiger partial charge on any atom is 0.387 e. The summed E-state index contributed by atoms with van der Waals surface area (Å²) < 4.78 is 43.8. The Labute approximate surface area is 178 Å². The summed E-state index contributed by atoms with van der Waals surface area (Å²) >= 11 is 11.6. The molecule has 0 radical (unpaired) electrons. The summed E-state index contributed by atoms with van der Waals surface area (Å²) in [6.45, 7) is 1.93. The Hall–Kier alpha value is -2.03. The molecule has 0 bridgehead atoms. The fourth-order valence-electron chi connectivity index (χ4n) is 3.15. The van der Waals surface area contributed by atoms with E-state index in [1.54, 1.807) is 24.3 Å². The zero-order chi connectivity index (χ0) is 21.0. The highest BCUT2D eigenvalue weighted by Crippen LogP contribution is 2.28. The molecule has 0 atom stereocenters. The third kappa shape index (κ3) is 5.74. The van der Waals surface area contributed by atoms with E-state index in [4.69, 9.17) is 23.8 Å². The molecule has 1 aliphatic heterocycles. The number of ether oxygens (including phenoxy) is 1. The van der Waals surface area contributed by atoms with Gasteiger partial charge in [-0.15, -0.1) is 0 Å². The lowest BCUT2D eigenvalue weighted by Crippen LogP contribution is -2.49. The number of anilines is 1. The van der Waals surface area contributed by atoms with E-state index in [0.29, 0.717) is 54.1 Å². The zero-order valence-electron chi connectivity index (χ0n) is 15.8. The molecule has 1 saturated heterocycles. The predicted molar refractivity (Wildman–Crippen MR) is 112 cm³/mol. The van der Waals surface area contributed by atoms with Crippen LogP contribution < -0.4 is 10.1 Å². The average molecular weight is 444 g/mol. The van der Waals surface area contributed by atoms with E-state index in [0.717, 1.165) is 5.56 Å². The first-order valence-corrected chi connectivity index (χ1v) is 9.88. The van der Waals surface area contributed by atoms with Crippen molar-refractivity contribution in [3.63, 3.8) is 0 Å². The van der Waals surface area contributed by atoms with Crippen LogP contribution in [0.15, 0.2) is 36.4 Å². The molecule has 0 aromatic heterocycles. The molecule has 0 aliphatic carbocycles. The fourth-order valence-corrected chi connectivity index (χ4v) is 3.67. The molecule has 2 aromatic rings. The van der Waals surface area contributed by atoms with E-state index < -0.39 is 6.61 Å². The normalized spacial score (nSPS) is 14.9. The maximum atomic E-state index is 14.0. The number of nitrogens with zero attached hydrogens (tertiary/aromatic N) is 2. The summed E-state index contributed by atoms with van der Waals surface area (Å²) in [6.07, 6.45) is 0. The Kier molecular flexibility index (Phi) is 7.21. The fraction of sp³-hybridized carbons (Fsp3) is 0.350. The van der Waals surface area contributed by atoms with E-state index in [2.05, 4.69) is 15.0 Å². The standard InChI is InChI=1S/C20H21ClF3N3OS/c1-13-5-6-18(28-19(23)24)17(11-13)25-20(29)27-9-7-26(8-10-27)12-14-15(21)3-2-4-16(14)22/h2-6,11,19H,7-10,12H2,1H3,(H,25,29). The molecule has 3 rings (SSSR count). The third-order valence-electron chi connectivity index (χ3n) is 4.70. The summed E-state index contributed by atoms with van der Waals surface area (Å²) in [5.41, 5.74) is 1.77. The van der Waals surface area contributed by atoms with Crippen molar-refractivity contribution in [2.75, 3.05) is 31.5 Å². The van der Waals surface area contributed by atoms with Gasteiger partial charge in [0.2, 0.25) is 0 Å². The smallest absolute Gasteiger partial charge is 0.387 e. The van der Waals surface area contributed by atoms with Gasteiger partial charge in [0.15, 0.2) is 5.11 Å². The van der Waals surface area contributed by atoms with Gasteiger partial charge < -0.3 is 15.0 Å². The third-order valence-corrected chi connectivity index (χ3v) is 5.41. The predicted octanol–water partition coefficient (Wildman–Crippen LogP) is 4.90. The maximum absolute atomic E-state index is 14.0. The van der Waals surface area contributed by atoms with Crippen molar-refractivity contribution in [2.24, 2.45) is 0 Å². The van der Waals surface area contributed by atoms with Gasteiger partial charge >= 0.3 is 6.61 Å². The SMILES string of the molecule is Cc1ccc(OC(F)F)c(NC(=S)N2CCN(Cc3c(F)cccc3Cl)CC2)c1. The first-order valence-electron chi connectivity index (χ1n) is 9.10. The highest BCUT2D eigenvalue weighted by Gasteiger charge is 2.22. The molecule has 1 aliphatic rings. The molecule has 2 aromatic carbocycles. The van der Waals surface area contributed by atoms with Gasteiger partial charge in [-0.1, -0.05) is 23.7 Å². The topological polar surface area (TPSA) is 27.7 Å². The van der Waals surface area contributed by atoms with Crippen molar-refractivity contribution in [3.05, 3.63) is 58.4 Å². The van der Waals surface area contributed by atoms with Crippen molar-refractivity contribution in [1.82, 2.24) is 9.80 Å². The Bertz CT molecular complexity index is 856. The minimum absolute atomic E-state index is 0.0424. The summed E-state index contributed by atoms with van der Waals surface area (Å²) in [7, 11) is 0. The lowest BCUT2D eigenvalue weighted by Gasteiger charge is -2.36. The summed E-state index contributed by atoms with van der Waals surface area (Å²) in [5, 5.41) is 3.85. The summed E-state index contributed by atoms with van der Waals surface area (Å²) in [5.74, 6) is -0.274. The van der Waals surface area contributed by atoms with Crippen LogP contribution in [0.4, 0.5) is 18.9 Å². The van der Waals surface area contributed by atoms with E-state index in [-0.39, 0.29) is 11.6 Å². The largest absolute Gasteiger partial charge is 0.433 e. The van der Waals surface area contributed by atoms with E-state index in [1.807, 2.05) is 11.8 Å². The van der Waals surface area contributed by atoms with Crippen molar-refractivity contribution in [2.45, 2.75) is 20.1 Å².